The van der Waals surface area contributed by atoms with Crippen LogP contribution in [0.4, 0.5) is 0 Å². The summed E-state index contributed by atoms with van der Waals surface area (Å²) in [6, 6.07) is 0. The summed E-state index contributed by atoms with van der Waals surface area (Å²) in [5.74, 6) is 1.55. The van der Waals surface area contributed by atoms with Crippen molar-refractivity contribution in [3.05, 3.63) is 0 Å². The molecular weight excluding hydrogens is 140 g/mol. The van der Waals surface area contributed by atoms with Crippen molar-refractivity contribution in [2.75, 3.05) is 13.2 Å². The van der Waals surface area contributed by atoms with E-state index in [-0.39, 0.29) is 6.10 Å². The van der Waals surface area contributed by atoms with Crippen LogP contribution in [0, 0.1) is 17.8 Å². The fraction of sp³-hybridized carbons (Fsp3) is 1.00. The molecule has 2 nitrogen and oxygen atoms in total. The number of hydrogen-bond acceptors (Lipinski definition) is 2. The van der Waals surface area contributed by atoms with Crippen molar-refractivity contribution >= 4 is 0 Å². The number of aliphatic hydroxyl groups excluding tert-OH is 1. The fourth-order valence-electron chi connectivity index (χ4n) is 1.56. The summed E-state index contributed by atoms with van der Waals surface area (Å²) in [7, 11) is 0. The summed E-state index contributed by atoms with van der Waals surface area (Å²) in [5, 5.41) is 9.48. The molecule has 1 N–H and O–H groups in total. The quantitative estimate of drug-likeness (QED) is 0.656. The van der Waals surface area contributed by atoms with Crippen LogP contribution in [0.25, 0.3) is 0 Å². The maximum atomic E-state index is 9.48. The predicted octanol–water partition coefficient (Wildman–Crippen LogP) is 1.29. The minimum atomic E-state index is -0.229. The molecule has 2 heteroatoms. The van der Waals surface area contributed by atoms with E-state index < -0.39 is 0 Å². The highest BCUT2D eigenvalue weighted by atomic mass is 16.5. The zero-order valence-electron chi connectivity index (χ0n) is 7.58. The highest BCUT2D eigenvalue weighted by Crippen LogP contribution is 2.27. The van der Waals surface area contributed by atoms with Crippen LogP contribution in [0.2, 0.25) is 0 Å². The summed E-state index contributed by atoms with van der Waals surface area (Å²) >= 11 is 0. The van der Waals surface area contributed by atoms with E-state index in [1.165, 1.54) is 0 Å². The van der Waals surface area contributed by atoms with Gasteiger partial charge in [0.15, 0.2) is 0 Å². The zero-order chi connectivity index (χ0) is 8.43. The van der Waals surface area contributed by atoms with Gasteiger partial charge in [-0.05, 0) is 11.8 Å². The maximum absolute atomic E-state index is 9.48. The Balaban J connectivity index is 2.45. The molecule has 0 aromatic rings. The second-order valence-corrected chi connectivity index (χ2v) is 3.87. The van der Waals surface area contributed by atoms with Crippen LogP contribution in [0.5, 0.6) is 0 Å². The predicted molar refractivity (Wildman–Crippen MR) is 44.3 cm³/mol. The molecule has 3 atom stereocenters. The molecule has 0 saturated carbocycles. The van der Waals surface area contributed by atoms with Gasteiger partial charge in [0.1, 0.15) is 0 Å². The summed E-state index contributed by atoms with van der Waals surface area (Å²) in [4.78, 5) is 0. The van der Waals surface area contributed by atoms with Gasteiger partial charge < -0.3 is 9.84 Å². The standard InChI is InChI=1S/C9H18O2/c1-6(2)7(3)8-4-11-5-9(8)10/h6-10H,4-5H2,1-3H3. The first-order valence-electron chi connectivity index (χ1n) is 4.38. The molecular formula is C9H18O2. The van der Waals surface area contributed by atoms with Gasteiger partial charge in [0, 0.05) is 5.92 Å². The lowest BCUT2D eigenvalue weighted by molar-refractivity contribution is 0.0972. The van der Waals surface area contributed by atoms with Gasteiger partial charge in [0.05, 0.1) is 19.3 Å². The Morgan fingerprint density at radius 3 is 2.27 bits per heavy atom. The van der Waals surface area contributed by atoms with Crippen LogP contribution in [-0.2, 0) is 4.74 Å². The van der Waals surface area contributed by atoms with E-state index in [1.807, 2.05) is 0 Å². The minimum Gasteiger partial charge on any atom is -0.390 e. The lowest BCUT2D eigenvalue weighted by Gasteiger charge is -2.23. The van der Waals surface area contributed by atoms with Crippen molar-refractivity contribution in [1.82, 2.24) is 0 Å². The average molecular weight is 158 g/mol. The Kier molecular flexibility index (Phi) is 2.90. The normalized spacial score (nSPS) is 34.6. The van der Waals surface area contributed by atoms with E-state index >= 15 is 0 Å². The van der Waals surface area contributed by atoms with Gasteiger partial charge in [-0.15, -0.1) is 0 Å². The van der Waals surface area contributed by atoms with E-state index in [0.717, 1.165) is 6.61 Å². The van der Waals surface area contributed by atoms with Gasteiger partial charge in [0.2, 0.25) is 0 Å². The third-order valence-corrected chi connectivity index (χ3v) is 2.82. The topological polar surface area (TPSA) is 29.5 Å². The van der Waals surface area contributed by atoms with Crippen LogP contribution in [0.1, 0.15) is 20.8 Å². The molecule has 1 aliphatic rings. The summed E-state index contributed by atoms with van der Waals surface area (Å²) < 4.78 is 5.19. The zero-order valence-corrected chi connectivity index (χ0v) is 7.58. The van der Waals surface area contributed by atoms with Gasteiger partial charge >= 0.3 is 0 Å². The molecule has 1 fully saturated rings. The third kappa shape index (κ3) is 1.94. The average Bonchev–Trinajstić information content (AvgIpc) is 2.33. The first-order chi connectivity index (χ1) is 5.13. The lowest BCUT2D eigenvalue weighted by atomic mass is 9.83. The van der Waals surface area contributed by atoms with Gasteiger partial charge in [-0.3, -0.25) is 0 Å². The molecule has 1 heterocycles. The Bertz CT molecular complexity index is 123. The molecule has 66 valence electrons. The number of hydrogen-bond donors (Lipinski definition) is 1. The van der Waals surface area contributed by atoms with E-state index in [2.05, 4.69) is 20.8 Å². The molecule has 0 aromatic carbocycles. The maximum Gasteiger partial charge on any atom is 0.0826 e. The molecule has 1 rings (SSSR count). The van der Waals surface area contributed by atoms with Crippen molar-refractivity contribution in [2.24, 2.45) is 17.8 Å². The molecule has 0 radical (unpaired) electrons. The summed E-state index contributed by atoms with van der Waals surface area (Å²) in [6.45, 7) is 7.83. The van der Waals surface area contributed by atoms with Crippen LogP contribution in [0.3, 0.4) is 0 Å². The molecule has 1 saturated heterocycles. The van der Waals surface area contributed by atoms with Gasteiger partial charge in [-0.2, -0.15) is 0 Å². The van der Waals surface area contributed by atoms with Gasteiger partial charge in [0.25, 0.3) is 0 Å². The smallest absolute Gasteiger partial charge is 0.0826 e. The van der Waals surface area contributed by atoms with Gasteiger partial charge in [-0.25, -0.2) is 0 Å². The Labute approximate surface area is 68.6 Å². The third-order valence-electron chi connectivity index (χ3n) is 2.82. The second kappa shape index (κ2) is 3.55. The second-order valence-electron chi connectivity index (χ2n) is 3.87. The minimum absolute atomic E-state index is 0.229. The number of aliphatic hydroxyl groups is 1. The van der Waals surface area contributed by atoms with Crippen LogP contribution in [-0.4, -0.2) is 24.4 Å². The molecule has 0 spiro atoms. The van der Waals surface area contributed by atoms with E-state index in [9.17, 15) is 5.11 Å². The Hall–Kier alpha value is -0.0800. The molecule has 3 unspecified atom stereocenters. The monoisotopic (exact) mass is 158 g/mol. The van der Waals surface area contributed by atoms with Crippen molar-refractivity contribution in [3.8, 4) is 0 Å². The SMILES string of the molecule is CC(C)C(C)C1COCC1O. The van der Waals surface area contributed by atoms with Crippen LogP contribution in [0.15, 0.2) is 0 Å². The Morgan fingerprint density at radius 1 is 1.27 bits per heavy atom. The highest BCUT2D eigenvalue weighted by Gasteiger charge is 2.32. The summed E-state index contributed by atoms with van der Waals surface area (Å²) in [6.07, 6.45) is -0.229. The first kappa shape index (κ1) is 9.01. The van der Waals surface area contributed by atoms with Crippen LogP contribution < -0.4 is 0 Å². The molecule has 0 aliphatic carbocycles. The number of rotatable bonds is 2. The lowest BCUT2D eigenvalue weighted by Crippen LogP contribution is -2.27. The van der Waals surface area contributed by atoms with Crippen molar-refractivity contribution in [3.63, 3.8) is 0 Å². The van der Waals surface area contributed by atoms with E-state index in [1.54, 1.807) is 0 Å². The molecule has 1 aliphatic heterocycles. The number of ether oxygens (including phenoxy) is 1. The summed E-state index contributed by atoms with van der Waals surface area (Å²) in [5.41, 5.74) is 0. The van der Waals surface area contributed by atoms with Crippen molar-refractivity contribution < 1.29 is 9.84 Å². The molecule has 0 bridgehead atoms. The van der Waals surface area contributed by atoms with Crippen molar-refractivity contribution in [1.29, 1.82) is 0 Å². The van der Waals surface area contributed by atoms with E-state index in [0.29, 0.717) is 24.4 Å². The van der Waals surface area contributed by atoms with Crippen molar-refractivity contribution in [2.45, 2.75) is 26.9 Å². The van der Waals surface area contributed by atoms with Gasteiger partial charge in [-0.1, -0.05) is 20.8 Å². The fourth-order valence-corrected chi connectivity index (χ4v) is 1.56. The molecule has 0 aromatic heterocycles. The molecule has 11 heavy (non-hydrogen) atoms. The largest absolute Gasteiger partial charge is 0.390 e. The van der Waals surface area contributed by atoms with E-state index in [4.69, 9.17) is 4.74 Å². The first-order valence-corrected chi connectivity index (χ1v) is 4.38. The Morgan fingerprint density at radius 2 is 1.91 bits per heavy atom. The molecule has 0 amide bonds. The van der Waals surface area contributed by atoms with Crippen LogP contribution >= 0.6 is 0 Å². The highest BCUT2D eigenvalue weighted by molar-refractivity contribution is 4.79.